The summed E-state index contributed by atoms with van der Waals surface area (Å²) < 4.78 is 1.54. The maximum absolute atomic E-state index is 12.5. The molecule has 1 fully saturated rings. The summed E-state index contributed by atoms with van der Waals surface area (Å²) in [7, 11) is 1.79. The number of nitro benzene ring substituents is 1. The summed E-state index contributed by atoms with van der Waals surface area (Å²) in [5.74, 6) is -0.0770. The molecule has 2 aromatic rings. The van der Waals surface area contributed by atoms with Crippen LogP contribution in [0.2, 0.25) is 0 Å². The normalized spacial score (nSPS) is 17.2. The van der Waals surface area contributed by atoms with Gasteiger partial charge in [0.15, 0.2) is 0 Å². The average molecular weight is 315 g/mol. The molecular weight excluding hydrogens is 298 g/mol. The third-order valence-electron chi connectivity index (χ3n) is 4.06. The van der Waals surface area contributed by atoms with Crippen molar-refractivity contribution in [3.05, 3.63) is 52.3 Å². The molecule has 0 bridgehead atoms. The van der Waals surface area contributed by atoms with Gasteiger partial charge in [-0.3, -0.25) is 14.9 Å². The van der Waals surface area contributed by atoms with Crippen LogP contribution in [0.15, 0.2) is 36.7 Å². The lowest BCUT2D eigenvalue weighted by Gasteiger charge is -2.22. The van der Waals surface area contributed by atoms with Crippen molar-refractivity contribution in [2.24, 2.45) is 0 Å². The number of carbonyl (C=O) groups excluding carboxylic acids is 1. The summed E-state index contributed by atoms with van der Waals surface area (Å²) in [5.41, 5.74) is 1.18. The minimum absolute atomic E-state index is 0.0191. The monoisotopic (exact) mass is 315 g/mol. The van der Waals surface area contributed by atoms with Crippen molar-refractivity contribution in [2.75, 3.05) is 20.1 Å². The Morgan fingerprint density at radius 3 is 2.78 bits per heavy atom. The molecule has 0 spiro atoms. The standard InChI is InChI=1S/C15H17N5O3/c1-18(14-6-7-16-9-14)15(21)11-8-17-19(10-11)12-2-4-13(5-3-12)20(22)23/h2-5,8,10,14,16H,6-7,9H2,1H3. The zero-order chi connectivity index (χ0) is 16.4. The Labute approximate surface area is 132 Å². The Kier molecular flexibility index (Phi) is 4.07. The van der Waals surface area contributed by atoms with E-state index in [2.05, 4.69) is 10.4 Å². The van der Waals surface area contributed by atoms with Gasteiger partial charge in [-0.2, -0.15) is 5.10 Å². The number of nitrogens with one attached hydrogen (secondary N) is 1. The van der Waals surface area contributed by atoms with Crippen LogP contribution in [0, 0.1) is 10.1 Å². The Hall–Kier alpha value is -2.74. The molecule has 1 amide bonds. The molecule has 23 heavy (non-hydrogen) atoms. The number of amides is 1. The number of nitrogens with zero attached hydrogens (tertiary/aromatic N) is 4. The van der Waals surface area contributed by atoms with Crippen molar-refractivity contribution < 1.29 is 9.72 Å². The molecule has 3 rings (SSSR count). The predicted molar refractivity (Wildman–Crippen MR) is 83.6 cm³/mol. The summed E-state index contributed by atoms with van der Waals surface area (Å²) in [6, 6.07) is 6.22. The first-order valence-corrected chi connectivity index (χ1v) is 7.33. The van der Waals surface area contributed by atoms with E-state index in [-0.39, 0.29) is 17.6 Å². The Balaban J connectivity index is 1.76. The lowest BCUT2D eigenvalue weighted by molar-refractivity contribution is -0.384. The minimum Gasteiger partial charge on any atom is -0.337 e. The zero-order valence-electron chi connectivity index (χ0n) is 12.7. The number of hydrogen-bond donors (Lipinski definition) is 1. The Morgan fingerprint density at radius 1 is 1.43 bits per heavy atom. The van der Waals surface area contributed by atoms with Crippen molar-refractivity contribution in [1.29, 1.82) is 0 Å². The largest absolute Gasteiger partial charge is 0.337 e. The van der Waals surface area contributed by atoms with E-state index < -0.39 is 4.92 Å². The number of likely N-dealkylation sites (N-methyl/N-ethyl adjacent to an activating group) is 1. The molecule has 0 saturated carbocycles. The first-order chi connectivity index (χ1) is 11.1. The second-order valence-corrected chi connectivity index (χ2v) is 5.51. The van der Waals surface area contributed by atoms with Gasteiger partial charge in [-0.1, -0.05) is 0 Å². The number of hydrogen-bond acceptors (Lipinski definition) is 5. The van der Waals surface area contributed by atoms with Gasteiger partial charge in [0.1, 0.15) is 0 Å². The molecule has 1 aromatic carbocycles. The fourth-order valence-electron chi connectivity index (χ4n) is 2.64. The van der Waals surface area contributed by atoms with Crippen LogP contribution in [0.1, 0.15) is 16.8 Å². The number of aromatic nitrogens is 2. The van der Waals surface area contributed by atoms with Gasteiger partial charge in [-0.25, -0.2) is 4.68 Å². The van der Waals surface area contributed by atoms with E-state index in [4.69, 9.17) is 0 Å². The summed E-state index contributed by atoms with van der Waals surface area (Å²) in [6.45, 7) is 1.73. The van der Waals surface area contributed by atoms with Crippen LogP contribution in [0.5, 0.6) is 0 Å². The molecule has 120 valence electrons. The zero-order valence-corrected chi connectivity index (χ0v) is 12.7. The number of carbonyl (C=O) groups is 1. The van der Waals surface area contributed by atoms with E-state index in [9.17, 15) is 14.9 Å². The summed E-state index contributed by atoms with van der Waals surface area (Å²) in [4.78, 5) is 24.4. The molecule has 2 heterocycles. The van der Waals surface area contributed by atoms with Crippen LogP contribution in [-0.4, -0.2) is 51.7 Å². The Bertz CT molecular complexity index is 719. The molecule has 1 aliphatic heterocycles. The summed E-state index contributed by atoms with van der Waals surface area (Å²) >= 11 is 0. The van der Waals surface area contributed by atoms with Gasteiger partial charge >= 0.3 is 0 Å². The van der Waals surface area contributed by atoms with Crippen LogP contribution in [-0.2, 0) is 0 Å². The molecule has 8 heteroatoms. The number of non-ortho nitro benzene ring substituents is 1. The smallest absolute Gasteiger partial charge is 0.269 e. The minimum atomic E-state index is -0.452. The maximum Gasteiger partial charge on any atom is 0.269 e. The topological polar surface area (TPSA) is 93.3 Å². The van der Waals surface area contributed by atoms with Crippen LogP contribution < -0.4 is 5.32 Å². The van der Waals surface area contributed by atoms with Crippen LogP contribution in [0.4, 0.5) is 5.69 Å². The van der Waals surface area contributed by atoms with Gasteiger partial charge < -0.3 is 10.2 Å². The first kappa shape index (κ1) is 15.2. The molecule has 1 atom stereocenters. The van der Waals surface area contributed by atoms with Crippen LogP contribution in [0.3, 0.4) is 0 Å². The van der Waals surface area contributed by atoms with Gasteiger partial charge in [-0.05, 0) is 25.1 Å². The molecule has 0 radical (unpaired) electrons. The maximum atomic E-state index is 12.5. The molecular formula is C15H17N5O3. The van der Waals surface area contributed by atoms with Gasteiger partial charge in [0.05, 0.1) is 22.4 Å². The van der Waals surface area contributed by atoms with E-state index in [1.54, 1.807) is 30.3 Å². The highest BCUT2D eigenvalue weighted by Gasteiger charge is 2.24. The van der Waals surface area contributed by atoms with E-state index in [0.29, 0.717) is 11.3 Å². The van der Waals surface area contributed by atoms with E-state index in [1.807, 2.05) is 0 Å². The predicted octanol–water partition coefficient (Wildman–Crippen LogP) is 1.21. The Morgan fingerprint density at radius 2 is 2.17 bits per heavy atom. The molecule has 1 unspecified atom stereocenters. The van der Waals surface area contributed by atoms with E-state index in [0.717, 1.165) is 19.5 Å². The number of rotatable bonds is 4. The first-order valence-electron chi connectivity index (χ1n) is 7.33. The quantitative estimate of drug-likeness (QED) is 0.676. The third-order valence-corrected chi connectivity index (χ3v) is 4.06. The molecule has 8 nitrogen and oxygen atoms in total. The van der Waals surface area contributed by atoms with Crippen molar-refractivity contribution in [3.8, 4) is 5.69 Å². The van der Waals surface area contributed by atoms with Crippen molar-refractivity contribution in [1.82, 2.24) is 20.0 Å². The molecule has 1 aliphatic rings. The van der Waals surface area contributed by atoms with E-state index in [1.165, 1.54) is 23.0 Å². The highest BCUT2D eigenvalue weighted by molar-refractivity contribution is 5.93. The third kappa shape index (κ3) is 3.07. The highest BCUT2D eigenvalue weighted by Crippen LogP contribution is 2.16. The van der Waals surface area contributed by atoms with Crippen LogP contribution in [0.25, 0.3) is 5.69 Å². The van der Waals surface area contributed by atoms with Crippen LogP contribution >= 0.6 is 0 Å². The van der Waals surface area contributed by atoms with Gasteiger partial charge in [-0.15, -0.1) is 0 Å². The highest BCUT2D eigenvalue weighted by atomic mass is 16.6. The van der Waals surface area contributed by atoms with Gasteiger partial charge in [0, 0.05) is 38.0 Å². The molecule has 1 saturated heterocycles. The SMILES string of the molecule is CN(C(=O)c1cnn(-c2ccc([N+](=O)[O-])cc2)c1)C1CCNC1. The molecule has 0 aliphatic carbocycles. The lowest BCUT2D eigenvalue weighted by atomic mass is 10.2. The van der Waals surface area contributed by atoms with Gasteiger partial charge in [0.25, 0.3) is 11.6 Å². The molecule has 1 aromatic heterocycles. The number of benzene rings is 1. The van der Waals surface area contributed by atoms with Crippen molar-refractivity contribution >= 4 is 11.6 Å². The van der Waals surface area contributed by atoms with Crippen molar-refractivity contribution in [2.45, 2.75) is 12.5 Å². The number of nitro groups is 1. The molecule has 1 N–H and O–H groups in total. The lowest BCUT2D eigenvalue weighted by Crippen LogP contribution is -2.38. The summed E-state index contributed by atoms with van der Waals surface area (Å²) in [6.07, 6.45) is 4.10. The summed E-state index contributed by atoms with van der Waals surface area (Å²) in [5, 5.41) is 18.1. The van der Waals surface area contributed by atoms with Gasteiger partial charge in [0.2, 0.25) is 0 Å². The second-order valence-electron chi connectivity index (χ2n) is 5.51. The van der Waals surface area contributed by atoms with Crippen molar-refractivity contribution in [3.63, 3.8) is 0 Å². The average Bonchev–Trinajstić information content (AvgIpc) is 3.25. The second kappa shape index (κ2) is 6.17. The van der Waals surface area contributed by atoms with E-state index >= 15 is 0 Å². The fourth-order valence-corrected chi connectivity index (χ4v) is 2.64. The fraction of sp³-hybridized carbons (Fsp3) is 0.333.